The molecule has 0 radical (unpaired) electrons. The van der Waals surface area contributed by atoms with Gasteiger partial charge in [0.25, 0.3) is 5.76 Å². The molecule has 0 unspecified atom stereocenters. The second-order valence-electron chi connectivity index (χ2n) is 4.57. The topological polar surface area (TPSA) is 95.2 Å². The Balaban J connectivity index is 2.20. The van der Waals surface area contributed by atoms with E-state index in [1.807, 2.05) is 18.2 Å². The highest BCUT2D eigenvalue weighted by molar-refractivity contribution is 5.87. The number of carboxylic acids is 1. The molecule has 0 fully saturated rings. The molecule has 122 valence electrons. The van der Waals surface area contributed by atoms with Gasteiger partial charge in [-0.2, -0.15) is 0 Å². The number of rotatable bonds is 8. The van der Waals surface area contributed by atoms with E-state index < -0.39 is 17.2 Å². The molecule has 0 saturated carbocycles. The Hall–Kier alpha value is -2.64. The lowest BCUT2D eigenvalue weighted by atomic mass is 10.2. The summed E-state index contributed by atoms with van der Waals surface area (Å²) in [6, 6.07) is 10.2. The van der Waals surface area contributed by atoms with Crippen molar-refractivity contribution >= 4 is 5.97 Å². The Kier molecular flexibility index (Phi) is 5.90. The lowest BCUT2D eigenvalue weighted by Crippen LogP contribution is -2.15. The first-order valence-corrected chi connectivity index (χ1v) is 6.75. The molecule has 0 atom stereocenters. The van der Waals surface area contributed by atoms with E-state index in [0.29, 0.717) is 0 Å². The van der Waals surface area contributed by atoms with Gasteiger partial charge in [0.2, 0.25) is 11.2 Å². The molecule has 0 spiro atoms. The molecule has 0 amide bonds. The van der Waals surface area contributed by atoms with Crippen molar-refractivity contribution < 1.29 is 28.5 Å². The normalized spacial score (nSPS) is 10.5. The quantitative estimate of drug-likeness (QED) is 0.587. The molecule has 1 aromatic heterocycles. The number of hydrogen-bond acceptors (Lipinski definition) is 6. The molecule has 0 saturated heterocycles. The van der Waals surface area contributed by atoms with Crippen LogP contribution in [-0.2, 0) is 22.7 Å². The van der Waals surface area contributed by atoms with Gasteiger partial charge in [-0.15, -0.1) is 0 Å². The summed E-state index contributed by atoms with van der Waals surface area (Å²) in [6.45, 7) is -0.0217. The van der Waals surface area contributed by atoms with Crippen molar-refractivity contribution in [1.82, 2.24) is 0 Å². The number of carbonyl (C=O) groups is 1. The van der Waals surface area contributed by atoms with Gasteiger partial charge in [-0.05, 0) is 5.56 Å². The maximum atomic E-state index is 12.1. The molecule has 2 rings (SSSR count). The summed E-state index contributed by atoms with van der Waals surface area (Å²) in [6.07, 6.45) is 0. The third-order valence-electron chi connectivity index (χ3n) is 2.82. The van der Waals surface area contributed by atoms with Crippen molar-refractivity contribution in [2.45, 2.75) is 13.2 Å². The maximum absolute atomic E-state index is 12.1. The summed E-state index contributed by atoms with van der Waals surface area (Å²) in [7, 11) is 1.44. The monoisotopic (exact) mass is 320 g/mol. The molecule has 1 N–H and O–H groups in total. The fraction of sp³-hybridized carbons (Fsp3) is 0.250. The Morgan fingerprint density at radius 1 is 1.22 bits per heavy atom. The van der Waals surface area contributed by atoms with Gasteiger partial charge in [-0.1, -0.05) is 30.3 Å². The van der Waals surface area contributed by atoms with E-state index in [0.717, 1.165) is 11.6 Å². The van der Waals surface area contributed by atoms with E-state index in [-0.39, 0.29) is 31.5 Å². The van der Waals surface area contributed by atoms with E-state index in [2.05, 4.69) is 0 Å². The summed E-state index contributed by atoms with van der Waals surface area (Å²) in [5, 5.41) is 9.21. The summed E-state index contributed by atoms with van der Waals surface area (Å²) in [5.41, 5.74) is 0.219. The lowest BCUT2D eigenvalue weighted by Gasteiger charge is -2.09. The molecule has 1 aromatic carbocycles. The summed E-state index contributed by atoms with van der Waals surface area (Å²) in [4.78, 5) is 23.4. The van der Waals surface area contributed by atoms with Crippen LogP contribution in [-0.4, -0.2) is 25.0 Å². The highest BCUT2D eigenvalue weighted by Gasteiger charge is 2.20. The number of carboxylic acid groups (broad SMARTS) is 1. The molecule has 2 aromatic rings. The minimum absolute atomic E-state index is 0.00161. The predicted octanol–water partition coefficient (Wildman–Crippen LogP) is 2.04. The van der Waals surface area contributed by atoms with Crippen LogP contribution in [0.5, 0.6) is 5.75 Å². The first-order valence-electron chi connectivity index (χ1n) is 6.75. The van der Waals surface area contributed by atoms with E-state index in [9.17, 15) is 14.7 Å². The van der Waals surface area contributed by atoms with Gasteiger partial charge in [0, 0.05) is 13.2 Å². The average molecular weight is 320 g/mol. The largest absolute Gasteiger partial charge is 0.481 e. The van der Waals surface area contributed by atoms with E-state index in [1.165, 1.54) is 7.11 Å². The summed E-state index contributed by atoms with van der Waals surface area (Å²) >= 11 is 0. The SMILES string of the molecule is COCOCc1cc(=O)c(OCc2ccccc2)c(C(=O)O)o1. The fourth-order valence-electron chi connectivity index (χ4n) is 1.83. The minimum Gasteiger partial charge on any atom is -0.481 e. The number of benzene rings is 1. The molecule has 0 bridgehead atoms. The fourth-order valence-corrected chi connectivity index (χ4v) is 1.83. The number of ether oxygens (including phenoxy) is 3. The van der Waals surface area contributed by atoms with Crippen LogP contribution in [0.15, 0.2) is 45.6 Å². The Bertz CT molecular complexity index is 706. The lowest BCUT2D eigenvalue weighted by molar-refractivity contribution is -0.0447. The van der Waals surface area contributed by atoms with Gasteiger partial charge >= 0.3 is 5.97 Å². The van der Waals surface area contributed by atoms with Crippen molar-refractivity contribution in [3.05, 3.63) is 63.7 Å². The van der Waals surface area contributed by atoms with Crippen molar-refractivity contribution in [3.63, 3.8) is 0 Å². The van der Waals surface area contributed by atoms with E-state index in [1.54, 1.807) is 12.1 Å². The van der Waals surface area contributed by atoms with Gasteiger partial charge < -0.3 is 23.7 Å². The smallest absolute Gasteiger partial charge is 0.375 e. The molecule has 0 aliphatic heterocycles. The van der Waals surface area contributed by atoms with Crippen LogP contribution in [0.1, 0.15) is 21.9 Å². The first kappa shape index (κ1) is 16.7. The Labute approximate surface area is 132 Å². The number of methoxy groups -OCH3 is 1. The van der Waals surface area contributed by atoms with Crippen LogP contribution in [0, 0.1) is 0 Å². The van der Waals surface area contributed by atoms with Crippen molar-refractivity contribution in [1.29, 1.82) is 0 Å². The van der Waals surface area contributed by atoms with Gasteiger partial charge in [0.05, 0.1) is 0 Å². The Morgan fingerprint density at radius 2 is 1.96 bits per heavy atom. The average Bonchev–Trinajstić information content (AvgIpc) is 2.54. The first-order chi connectivity index (χ1) is 11.1. The highest BCUT2D eigenvalue weighted by Crippen LogP contribution is 2.17. The minimum atomic E-state index is -1.39. The molecule has 0 aliphatic rings. The molecule has 0 aliphatic carbocycles. The second kappa shape index (κ2) is 8.11. The van der Waals surface area contributed by atoms with Gasteiger partial charge in [0.1, 0.15) is 25.8 Å². The zero-order valence-electron chi connectivity index (χ0n) is 12.5. The molecule has 7 heteroatoms. The highest BCUT2D eigenvalue weighted by atomic mass is 16.7. The van der Waals surface area contributed by atoms with Crippen LogP contribution in [0.2, 0.25) is 0 Å². The van der Waals surface area contributed by atoms with Crippen LogP contribution < -0.4 is 10.2 Å². The molecule has 7 nitrogen and oxygen atoms in total. The summed E-state index contributed by atoms with van der Waals surface area (Å²) < 4.78 is 20.3. The van der Waals surface area contributed by atoms with Crippen LogP contribution >= 0.6 is 0 Å². The molecule has 1 heterocycles. The van der Waals surface area contributed by atoms with E-state index in [4.69, 9.17) is 18.6 Å². The van der Waals surface area contributed by atoms with Crippen molar-refractivity contribution in [2.75, 3.05) is 13.9 Å². The van der Waals surface area contributed by atoms with Crippen molar-refractivity contribution in [3.8, 4) is 5.75 Å². The molecular weight excluding hydrogens is 304 g/mol. The number of hydrogen-bond donors (Lipinski definition) is 1. The van der Waals surface area contributed by atoms with Gasteiger partial charge in [-0.3, -0.25) is 4.79 Å². The standard InChI is InChI=1S/C16H16O7/c1-20-10-21-9-12-7-13(17)14(15(23-12)16(18)19)22-8-11-5-3-2-4-6-11/h2-7H,8-10H2,1H3,(H,18,19). The van der Waals surface area contributed by atoms with Crippen LogP contribution in [0.3, 0.4) is 0 Å². The second-order valence-corrected chi connectivity index (χ2v) is 4.57. The van der Waals surface area contributed by atoms with Gasteiger partial charge in [-0.25, -0.2) is 4.79 Å². The van der Waals surface area contributed by atoms with E-state index >= 15 is 0 Å². The zero-order valence-corrected chi connectivity index (χ0v) is 12.5. The summed E-state index contributed by atoms with van der Waals surface area (Å²) in [5.74, 6) is -2.20. The maximum Gasteiger partial charge on any atom is 0.375 e. The van der Waals surface area contributed by atoms with Gasteiger partial charge in [0.15, 0.2) is 0 Å². The molecule has 23 heavy (non-hydrogen) atoms. The predicted molar refractivity (Wildman–Crippen MR) is 79.4 cm³/mol. The third-order valence-corrected chi connectivity index (χ3v) is 2.82. The van der Waals surface area contributed by atoms with Crippen molar-refractivity contribution in [2.24, 2.45) is 0 Å². The van der Waals surface area contributed by atoms with Crippen LogP contribution in [0.4, 0.5) is 0 Å². The third kappa shape index (κ3) is 4.67. The number of aromatic carboxylic acids is 1. The zero-order chi connectivity index (χ0) is 16.7. The molecular formula is C16H16O7. The van der Waals surface area contributed by atoms with Crippen LogP contribution in [0.25, 0.3) is 0 Å². The Morgan fingerprint density at radius 3 is 2.61 bits per heavy atom.